The molecule has 33 heavy (non-hydrogen) atoms. The normalized spacial score (nSPS) is 32.1. The van der Waals surface area contributed by atoms with E-state index in [4.69, 9.17) is 4.74 Å². The van der Waals surface area contributed by atoms with Crippen LogP contribution in [0.5, 0.6) is 0 Å². The van der Waals surface area contributed by atoms with Crippen molar-refractivity contribution in [1.82, 2.24) is 15.5 Å². The van der Waals surface area contributed by atoms with E-state index in [1.807, 2.05) is 0 Å². The van der Waals surface area contributed by atoms with Gasteiger partial charge in [-0.1, -0.05) is 25.2 Å². The molecule has 1 saturated carbocycles. The first-order valence-corrected chi connectivity index (χ1v) is 13.4. The first kappa shape index (κ1) is 24.4. The summed E-state index contributed by atoms with van der Waals surface area (Å²) in [5.74, 6) is 0.992. The molecule has 5 heteroatoms. The monoisotopic (exact) mass is 455 g/mol. The molecule has 4 unspecified atom stereocenters. The Bertz CT molecular complexity index is 786. The van der Waals surface area contributed by atoms with Gasteiger partial charge in [0.25, 0.3) is 0 Å². The average Bonchev–Trinajstić information content (AvgIpc) is 3.22. The van der Waals surface area contributed by atoms with Crippen molar-refractivity contribution >= 4 is 5.97 Å². The summed E-state index contributed by atoms with van der Waals surface area (Å²) in [5.41, 5.74) is 5.64. The molecule has 4 rings (SSSR count). The Hall–Kier alpha value is -1.75. The van der Waals surface area contributed by atoms with Crippen LogP contribution in [-0.4, -0.2) is 49.7 Å². The maximum atomic E-state index is 13.0. The number of likely N-dealkylation sites (N-methyl/N-ethyl adjacent to an activating group) is 1. The number of nitrogens with zero attached hydrogens (tertiary/aromatic N) is 1. The maximum Gasteiger partial charge on any atom is 0.309 e. The minimum atomic E-state index is -0.0158. The molecule has 3 aliphatic heterocycles. The van der Waals surface area contributed by atoms with Crippen molar-refractivity contribution in [2.75, 3.05) is 26.7 Å². The van der Waals surface area contributed by atoms with Gasteiger partial charge in [-0.05, 0) is 95.6 Å². The van der Waals surface area contributed by atoms with Crippen molar-refractivity contribution in [3.8, 4) is 0 Å². The van der Waals surface area contributed by atoms with E-state index in [2.05, 4.69) is 49.1 Å². The van der Waals surface area contributed by atoms with E-state index in [1.165, 1.54) is 42.7 Å². The molecule has 4 aliphatic rings. The molecule has 2 N–H and O–H groups in total. The topological polar surface area (TPSA) is 53.6 Å². The molecule has 3 heterocycles. The molecule has 0 bridgehead atoms. The van der Waals surface area contributed by atoms with Crippen molar-refractivity contribution in [3.63, 3.8) is 0 Å². The Morgan fingerprint density at radius 2 is 2.15 bits per heavy atom. The molecule has 1 aliphatic carbocycles. The van der Waals surface area contributed by atoms with Gasteiger partial charge in [-0.2, -0.15) is 0 Å². The second-order valence-electron chi connectivity index (χ2n) is 10.9. The minimum absolute atomic E-state index is 0.0116. The van der Waals surface area contributed by atoms with Gasteiger partial charge in [-0.3, -0.25) is 4.79 Å². The number of hydrogen-bond acceptors (Lipinski definition) is 5. The van der Waals surface area contributed by atoms with E-state index in [9.17, 15) is 4.79 Å². The Labute approximate surface area is 201 Å². The van der Waals surface area contributed by atoms with Crippen molar-refractivity contribution in [2.45, 2.75) is 90.2 Å². The third-order valence-corrected chi connectivity index (χ3v) is 8.34. The predicted molar refractivity (Wildman–Crippen MR) is 135 cm³/mol. The molecule has 2 fully saturated rings. The number of esters is 1. The molecule has 0 spiro atoms. The highest BCUT2D eigenvalue weighted by Gasteiger charge is 2.34. The van der Waals surface area contributed by atoms with Gasteiger partial charge < -0.3 is 20.3 Å². The van der Waals surface area contributed by atoms with Crippen molar-refractivity contribution in [2.24, 2.45) is 17.8 Å². The average molecular weight is 456 g/mol. The van der Waals surface area contributed by atoms with Gasteiger partial charge in [-0.25, -0.2) is 0 Å². The molecule has 0 aromatic carbocycles. The molecule has 0 amide bonds. The summed E-state index contributed by atoms with van der Waals surface area (Å²) >= 11 is 0. The van der Waals surface area contributed by atoms with Gasteiger partial charge in [0.2, 0.25) is 0 Å². The zero-order valence-electron chi connectivity index (χ0n) is 21.1. The van der Waals surface area contributed by atoms with Crippen LogP contribution in [0.3, 0.4) is 0 Å². The summed E-state index contributed by atoms with van der Waals surface area (Å²) in [4.78, 5) is 15.2. The lowest BCUT2D eigenvalue weighted by atomic mass is 9.70. The number of carbonyl (C=O) groups excluding carboxylic acids is 1. The fraction of sp³-hybridized carbons (Fsp3) is 0.750. The SMILES string of the molecule is C=C1CCC(C2=C(C3=CCCC(C)N3)NCCC2)CC1CC(CC)C(=O)O[C@@H]1CCN(C)C1. The number of nitrogens with one attached hydrogen (secondary N) is 2. The van der Waals surface area contributed by atoms with Crippen LogP contribution in [0, 0.1) is 17.8 Å². The first-order valence-electron chi connectivity index (χ1n) is 13.4. The van der Waals surface area contributed by atoms with E-state index in [1.54, 1.807) is 5.57 Å². The standard InChI is InChI=1S/C28H45N3O2/c1-5-21(28(32)33-24-13-15-31(4)18-24)16-23-17-22(12-11-19(23)2)25-9-7-14-29-27(25)26-10-6-8-20(3)30-26/h10,20-24,29-30H,2,5-9,11-18H2,1,3-4H3/t20?,21?,22?,23?,24-/m1/s1. The largest absolute Gasteiger partial charge is 0.461 e. The lowest BCUT2D eigenvalue weighted by Crippen LogP contribution is -2.36. The lowest BCUT2D eigenvalue weighted by Gasteiger charge is -2.38. The number of carbonyl (C=O) groups is 1. The minimum Gasteiger partial charge on any atom is -0.461 e. The summed E-state index contributed by atoms with van der Waals surface area (Å²) in [6.07, 6.45) is 13.3. The zero-order chi connectivity index (χ0) is 23.4. The van der Waals surface area contributed by atoms with Crippen molar-refractivity contribution in [3.05, 3.63) is 35.2 Å². The second-order valence-corrected chi connectivity index (χ2v) is 10.9. The highest BCUT2D eigenvalue weighted by Crippen LogP contribution is 2.43. The molecule has 1 saturated heterocycles. The van der Waals surface area contributed by atoms with Crippen LogP contribution in [0.1, 0.15) is 78.1 Å². The Kier molecular flexibility index (Phi) is 8.21. The fourth-order valence-corrected chi connectivity index (χ4v) is 6.25. The van der Waals surface area contributed by atoms with Gasteiger partial charge in [0.1, 0.15) is 6.10 Å². The molecular weight excluding hydrogens is 410 g/mol. The Balaban J connectivity index is 1.43. The van der Waals surface area contributed by atoms with E-state index >= 15 is 0 Å². The van der Waals surface area contributed by atoms with Gasteiger partial charge >= 0.3 is 5.97 Å². The van der Waals surface area contributed by atoms with Crippen LogP contribution in [0.2, 0.25) is 0 Å². The predicted octanol–water partition coefficient (Wildman–Crippen LogP) is 4.92. The molecule has 0 aromatic heterocycles. The molecule has 5 atom stereocenters. The van der Waals surface area contributed by atoms with Crippen LogP contribution in [0.25, 0.3) is 0 Å². The lowest BCUT2D eigenvalue weighted by molar-refractivity contribution is -0.154. The summed E-state index contributed by atoms with van der Waals surface area (Å²) in [6.45, 7) is 11.8. The summed E-state index contributed by atoms with van der Waals surface area (Å²) in [6, 6.07) is 0.539. The number of rotatable bonds is 7. The van der Waals surface area contributed by atoms with Crippen LogP contribution < -0.4 is 10.6 Å². The smallest absolute Gasteiger partial charge is 0.309 e. The first-order chi connectivity index (χ1) is 15.9. The van der Waals surface area contributed by atoms with Crippen LogP contribution in [-0.2, 0) is 9.53 Å². The van der Waals surface area contributed by atoms with Crippen LogP contribution >= 0.6 is 0 Å². The van der Waals surface area contributed by atoms with Crippen LogP contribution in [0.15, 0.2) is 35.2 Å². The van der Waals surface area contributed by atoms with Gasteiger partial charge in [-0.15, -0.1) is 0 Å². The van der Waals surface area contributed by atoms with E-state index in [0.717, 1.165) is 58.2 Å². The highest BCUT2D eigenvalue weighted by molar-refractivity contribution is 5.72. The zero-order valence-corrected chi connectivity index (χ0v) is 21.1. The molecule has 5 nitrogen and oxygen atoms in total. The number of ether oxygens (including phenoxy) is 1. The van der Waals surface area contributed by atoms with Crippen molar-refractivity contribution in [1.29, 1.82) is 0 Å². The molecule has 0 radical (unpaired) electrons. The third kappa shape index (κ3) is 6.03. The molecule has 184 valence electrons. The van der Waals surface area contributed by atoms with E-state index in [-0.39, 0.29) is 18.0 Å². The quantitative estimate of drug-likeness (QED) is 0.422. The maximum absolute atomic E-state index is 13.0. The van der Waals surface area contributed by atoms with Gasteiger partial charge in [0, 0.05) is 25.7 Å². The van der Waals surface area contributed by atoms with Gasteiger partial charge in [0.15, 0.2) is 0 Å². The summed E-state index contributed by atoms with van der Waals surface area (Å²) in [5, 5.41) is 7.47. The Morgan fingerprint density at radius 1 is 1.30 bits per heavy atom. The Morgan fingerprint density at radius 3 is 2.88 bits per heavy atom. The number of allylic oxidation sites excluding steroid dienone is 3. The van der Waals surface area contributed by atoms with Gasteiger partial charge in [0.05, 0.1) is 17.3 Å². The summed E-state index contributed by atoms with van der Waals surface area (Å²) < 4.78 is 5.92. The number of hydrogen-bond donors (Lipinski definition) is 2. The van der Waals surface area contributed by atoms with E-state index < -0.39 is 0 Å². The van der Waals surface area contributed by atoms with Crippen molar-refractivity contribution < 1.29 is 9.53 Å². The highest BCUT2D eigenvalue weighted by atomic mass is 16.5. The second kappa shape index (κ2) is 11.1. The molecular formula is C28H45N3O2. The van der Waals surface area contributed by atoms with Crippen LogP contribution in [0.4, 0.5) is 0 Å². The summed E-state index contributed by atoms with van der Waals surface area (Å²) in [7, 11) is 2.10. The fourth-order valence-electron chi connectivity index (χ4n) is 6.25. The third-order valence-electron chi connectivity index (χ3n) is 8.34. The number of likely N-dealkylation sites (tertiary alicyclic amines) is 1. The van der Waals surface area contributed by atoms with E-state index in [0.29, 0.717) is 17.9 Å². The molecule has 0 aromatic rings.